The van der Waals surface area contributed by atoms with Crippen LogP contribution in [-0.2, 0) is 9.59 Å². The van der Waals surface area contributed by atoms with Gasteiger partial charge in [0.25, 0.3) is 11.8 Å². The summed E-state index contributed by atoms with van der Waals surface area (Å²) in [5, 5.41) is 3.44. The van der Waals surface area contributed by atoms with E-state index in [0.717, 1.165) is 5.56 Å². The predicted octanol–water partition coefficient (Wildman–Crippen LogP) is 2.78. The first-order valence-corrected chi connectivity index (χ1v) is 9.16. The molecule has 0 aliphatic heterocycles. The number of ether oxygens (including phenoxy) is 2. The molecule has 2 rings (SSSR count). The summed E-state index contributed by atoms with van der Waals surface area (Å²) in [5.41, 5.74) is 5.51. The van der Waals surface area contributed by atoms with Gasteiger partial charge in [0.1, 0.15) is 11.5 Å². The molecule has 0 saturated carbocycles. The fourth-order valence-corrected chi connectivity index (χ4v) is 2.47. The Balaban J connectivity index is 1.66. The zero-order valence-electron chi connectivity index (χ0n) is 14.8. The van der Waals surface area contributed by atoms with Gasteiger partial charge >= 0.3 is 0 Å². The van der Waals surface area contributed by atoms with E-state index in [-0.39, 0.29) is 18.3 Å². The maximum atomic E-state index is 11.9. The molecule has 148 valence electrons. The highest BCUT2D eigenvalue weighted by Crippen LogP contribution is 2.21. The molecule has 0 unspecified atom stereocenters. The third kappa shape index (κ3) is 7.59. The molecule has 0 radical (unpaired) electrons. The van der Waals surface area contributed by atoms with Crippen molar-refractivity contribution in [1.82, 2.24) is 16.2 Å². The minimum atomic E-state index is -0.487. The van der Waals surface area contributed by atoms with Crippen molar-refractivity contribution in [2.75, 3.05) is 13.2 Å². The zero-order valence-corrected chi connectivity index (χ0v) is 17.1. The molecule has 7 nitrogen and oxygen atoms in total. The van der Waals surface area contributed by atoms with Crippen LogP contribution in [0.25, 0.3) is 0 Å². The molecule has 0 fully saturated rings. The zero-order chi connectivity index (χ0) is 20.5. The molecule has 0 atom stereocenters. The average Bonchev–Trinajstić information content (AvgIpc) is 2.65. The third-order valence-corrected chi connectivity index (χ3v) is 3.94. The van der Waals surface area contributed by atoms with Crippen molar-refractivity contribution in [3.05, 3.63) is 58.1 Å². The molecular formula is C18H17Cl2N3O4S. The topological polar surface area (TPSA) is 88.7 Å². The number of amides is 2. The van der Waals surface area contributed by atoms with E-state index in [0.29, 0.717) is 21.5 Å². The van der Waals surface area contributed by atoms with Crippen LogP contribution < -0.4 is 25.6 Å². The molecule has 0 heterocycles. The van der Waals surface area contributed by atoms with E-state index in [2.05, 4.69) is 16.2 Å². The standard InChI is InChI=1S/C18H17Cl2N3O4S/c1-11-8-13(20)4-7-15(11)27-9-16(24)21-18(28)23-22-17(25)10-26-14-5-2-12(19)3-6-14/h2-8H,9-10H2,1H3,(H,22,25)(H2,21,23,24,28). The van der Waals surface area contributed by atoms with Crippen molar-refractivity contribution in [3.8, 4) is 11.5 Å². The van der Waals surface area contributed by atoms with Crippen molar-refractivity contribution in [2.45, 2.75) is 6.92 Å². The molecule has 0 aliphatic carbocycles. The van der Waals surface area contributed by atoms with Crippen molar-refractivity contribution < 1.29 is 19.1 Å². The Bertz CT molecular complexity index is 862. The summed E-state index contributed by atoms with van der Waals surface area (Å²) in [4.78, 5) is 23.6. The second-order valence-electron chi connectivity index (χ2n) is 5.49. The van der Waals surface area contributed by atoms with E-state index in [4.69, 9.17) is 44.9 Å². The number of nitrogens with one attached hydrogen (secondary N) is 3. The first-order chi connectivity index (χ1) is 13.3. The number of hydrogen-bond acceptors (Lipinski definition) is 5. The van der Waals surface area contributed by atoms with Gasteiger partial charge < -0.3 is 9.47 Å². The second-order valence-corrected chi connectivity index (χ2v) is 6.77. The van der Waals surface area contributed by atoms with Gasteiger partial charge in [-0.05, 0) is 67.2 Å². The van der Waals surface area contributed by atoms with Crippen LogP contribution in [0.3, 0.4) is 0 Å². The second kappa shape index (κ2) is 10.7. The number of aryl methyl sites for hydroxylation is 1. The molecule has 0 aliphatic rings. The fraction of sp³-hybridized carbons (Fsp3) is 0.167. The molecule has 0 spiro atoms. The van der Waals surface area contributed by atoms with Gasteiger partial charge in [0.2, 0.25) is 0 Å². The van der Waals surface area contributed by atoms with Crippen LogP contribution in [0.5, 0.6) is 11.5 Å². The molecule has 0 saturated heterocycles. The lowest BCUT2D eigenvalue weighted by Gasteiger charge is -2.12. The summed E-state index contributed by atoms with van der Waals surface area (Å²) in [6, 6.07) is 11.6. The Kier molecular flexibility index (Phi) is 8.31. The minimum Gasteiger partial charge on any atom is -0.484 e. The Labute approximate surface area is 177 Å². The number of carbonyl (C=O) groups excluding carboxylic acids is 2. The molecule has 0 aromatic heterocycles. The van der Waals surface area contributed by atoms with Gasteiger partial charge in [-0.15, -0.1) is 0 Å². The number of halogens is 2. The van der Waals surface area contributed by atoms with Crippen LogP contribution in [0, 0.1) is 6.92 Å². The lowest BCUT2D eigenvalue weighted by atomic mass is 10.2. The van der Waals surface area contributed by atoms with Gasteiger partial charge in [-0.1, -0.05) is 23.2 Å². The van der Waals surface area contributed by atoms with Crippen molar-refractivity contribution in [2.24, 2.45) is 0 Å². The van der Waals surface area contributed by atoms with Crippen molar-refractivity contribution >= 4 is 52.3 Å². The molecule has 2 amide bonds. The van der Waals surface area contributed by atoms with E-state index in [9.17, 15) is 9.59 Å². The quantitative estimate of drug-likeness (QED) is 0.471. The highest BCUT2D eigenvalue weighted by molar-refractivity contribution is 7.80. The van der Waals surface area contributed by atoms with E-state index in [1.54, 1.807) is 42.5 Å². The molecular weight excluding hydrogens is 425 g/mol. The number of rotatable bonds is 6. The van der Waals surface area contributed by atoms with Crippen LogP contribution in [0.1, 0.15) is 5.56 Å². The van der Waals surface area contributed by atoms with Crippen LogP contribution >= 0.6 is 35.4 Å². The van der Waals surface area contributed by atoms with Gasteiger partial charge in [0, 0.05) is 10.0 Å². The van der Waals surface area contributed by atoms with E-state index >= 15 is 0 Å². The molecule has 2 aromatic rings. The monoisotopic (exact) mass is 441 g/mol. The van der Waals surface area contributed by atoms with Crippen LogP contribution in [0.2, 0.25) is 10.0 Å². The lowest BCUT2D eigenvalue weighted by molar-refractivity contribution is -0.124. The van der Waals surface area contributed by atoms with Crippen LogP contribution in [-0.4, -0.2) is 30.1 Å². The fourth-order valence-electron chi connectivity index (χ4n) is 1.95. The average molecular weight is 442 g/mol. The summed E-state index contributed by atoms with van der Waals surface area (Å²) in [6.45, 7) is 1.31. The molecule has 0 bridgehead atoms. The van der Waals surface area contributed by atoms with Gasteiger partial charge in [0.05, 0.1) is 0 Å². The molecule has 10 heteroatoms. The maximum Gasteiger partial charge on any atom is 0.276 e. The smallest absolute Gasteiger partial charge is 0.276 e. The summed E-state index contributed by atoms with van der Waals surface area (Å²) in [6.07, 6.45) is 0. The lowest BCUT2D eigenvalue weighted by Crippen LogP contribution is -2.50. The summed E-state index contributed by atoms with van der Waals surface area (Å²) in [7, 11) is 0. The first kappa shape index (κ1) is 21.7. The highest BCUT2D eigenvalue weighted by atomic mass is 35.5. The van der Waals surface area contributed by atoms with Crippen LogP contribution in [0.15, 0.2) is 42.5 Å². The van der Waals surface area contributed by atoms with Gasteiger partial charge in [-0.2, -0.15) is 0 Å². The maximum absolute atomic E-state index is 11.9. The minimum absolute atomic E-state index is 0.0822. The van der Waals surface area contributed by atoms with Gasteiger partial charge in [0.15, 0.2) is 18.3 Å². The molecule has 28 heavy (non-hydrogen) atoms. The Hall–Kier alpha value is -2.55. The van der Waals surface area contributed by atoms with Crippen molar-refractivity contribution in [1.29, 1.82) is 0 Å². The van der Waals surface area contributed by atoms with Crippen LogP contribution in [0.4, 0.5) is 0 Å². The molecule has 3 N–H and O–H groups in total. The highest BCUT2D eigenvalue weighted by Gasteiger charge is 2.09. The van der Waals surface area contributed by atoms with E-state index in [1.165, 1.54) is 0 Å². The number of benzene rings is 2. The number of thiocarbonyl (C=S) groups is 1. The van der Waals surface area contributed by atoms with E-state index < -0.39 is 11.8 Å². The van der Waals surface area contributed by atoms with Gasteiger partial charge in [-0.25, -0.2) is 0 Å². The normalized spacial score (nSPS) is 9.96. The SMILES string of the molecule is Cc1cc(Cl)ccc1OCC(=O)NC(=S)NNC(=O)COc1ccc(Cl)cc1. The van der Waals surface area contributed by atoms with Gasteiger partial charge in [-0.3, -0.25) is 25.8 Å². The Morgan fingerprint density at radius 1 is 0.929 bits per heavy atom. The Morgan fingerprint density at radius 3 is 2.25 bits per heavy atom. The number of hydrazine groups is 1. The first-order valence-electron chi connectivity index (χ1n) is 7.99. The summed E-state index contributed by atoms with van der Waals surface area (Å²) < 4.78 is 10.7. The summed E-state index contributed by atoms with van der Waals surface area (Å²) >= 11 is 16.6. The summed E-state index contributed by atoms with van der Waals surface area (Å²) in [5.74, 6) is 0.0502. The number of carbonyl (C=O) groups is 2. The third-order valence-electron chi connectivity index (χ3n) is 3.25. The predicted molar refractivity (Wildman–Crippen MR) is 111 cm³/mol. The Morgan fingerprint density at radius 2 is 1.57 bits per heavy atom. The van der Waals surface area contributed by atoms with E-state index in [1.807, 2.05) is 6.92 Å². The molecule has 2 aromatic carbocycles. The number of hydrogen-bond donors (Lipinski definition) is 3. The largest absolute Gasteiger partial charge is 0.484 e. The van der Waals surface area contributed by atoms with Crippen molar-refractivity contribution in [3.63, 3.8) is 0 Å².